The second-order valence-corrected chi connectivity index (χ2v) is 6.86. The van der Waals surface area contributed by atoms with Crippen molar-refractivity contribution in [1.82, 2.24) is 10.2 Å². The summed E-state index contributed by atoms with van der Waals surface area (Å²) in [6, 6.07) is 7.02. The second kappa shape index (κ2) is 8.28. The quantitative estimate of drug-likeness (QED) is 0.693. The second-order valence-electron chi connectivity index (χ2n) is 5.28. The van der Waals surface area contributed by atoms with E-state index in [1.807, 2.05) is 17.8 Å². The van der Waals surface area contributed by atoms with Crippen LogP contribution in [0.3, 0.4) is 0 Å². The van der Waals surface area contributed by atoms with Gasteiger partial charge in [0.05, 0.1) is 0 Å². The van der Waals surface area contributed by atoms with Crippen LogP contribution in [0.5, 0.6) is 0 Å². The van der Waals surface area contributed by atoms with Gasteiger partial charge in [-0.1, -0.05) is 31.5 Å². The molecule has 1 aromatic carbocycles. The molecule has 20 heavy (non-hydrogen) atoms. The minimum atomic E-state index is 0.749. The monoisotopic (exact) mass is 312 g/mol. The smallest absolute Gasteiger partial charge is 0.0417 e. The molecule has 2 nitrogen and oxygen atoms in total. The van der Waals surface area contributed by atoms with Gasteiger partial charge in [0.2, 0.25) is 0 Å². The van der Waals surface area contributed by atoms with Crippen LogP contribution >= 0.6 is 23.4 Å². The summed E-state index contributed by atoms with van der Waals surface area (Å²) < 4.78 is 0. The Kier molecular flexibility index (Phi) is 6.69. The lowest BCUT2D eigenvalue weighted by Crippen LogP contribution is -2.25. The third-order valence-electron chi connectivity index (χ3n) is 3.75. The number of thioether (sulfide) groups is 1. The van der Waals surface area contributed by atoms with Crippen molar-refractivity contribution in [3.63, 3.8) is 0 Å². The fourth-order valence-electron chi connectivity index (χ4n) is 2.18. The van der Waals surface area contributed by atoms with E-state index in [0.29, 0.717) is 0 Å². The lowest BCUT2D eigenvalue weighted by atomic mass is 10.2. The Morgan fingerprint density at radius 3 is 2.70 bits per heavy atom. The van der Waals surface area contributed by atoms with Crippen LogP contribution in [-0.2, 0) is 6.54 Å². The van der Waals surface area contributed by atoms with Crippen molar-refractivity contribution >= 4 is 23.4 Å². The van der Waals surface area contributed by atoms with Crippen molar-refractivity contribution in [2.75, 3.05) is 25.4 Å². The number of halogens is 1. The highest BCUT2D eigenvalue weighted by molar-refractivity contribution is 7.99. The van der Waals surface area contributed by atoms with Gasteiger partial charge in [-0.05, 0) is 43.6 Å². The summed E-state index contributed by atoms with van der Waals surface area (Å²) in [4.78, 5) is 3.79. The number of nitrogens with one attached hydrogen (secondary N) is 1. The summed E-state index contributed by atoms with van der Waals surface area (Å²) in [7, 11) is 0. The van der Waals surface area contributed by atoms with Crippen molar-refractivity contribution < 1.29 is 0 Å². The number of nitrogens with zero attached hydrogens (tertiary/aromatic N) is 1. The standard InChI is InChI=1S/C16H25ClN2S/c1-3-19(4-2)9-10-20-16-11-14(17)6-5-13(16)12-18-15-7-8-15/h5-6,11,15,18H,3-4,7-10,12H2,1-2H3. The van der Waals surface area contributed by atoms with E-state index >= 15 is 0 Å². The zero-order valence-electron chi connectivity index (χ0n) is 12.5. The van der Waals surface area contributed by atoms with Gasteiger partial charge in [-0.3, -0.25) is 0 Å². The Labute approximate surface area is 132 Å². The fourth-order valence-corrected chi connectivity index (χ4v) is 3.52. The van der Waals surface area contributed by atoms with Gasteiger partial charge in [0.25, 0.3) is 0 Å². The SMILES string of the molecule is CCN(CC)CCSc1cc(Cl)ccc1CNC1CC1. The normalized spacial score (nSPS) is 15.0. The van der Waals surface area contributed by atoms with Gasteiger partial charge in [-0.2, -0.15) is 0 Å². The molecular weight excluding hydrogens is 288 g/mol. The summed E-state index contributed by atoms with van der Waals surface area (Å²) in [6.45, 7) is 8.80. The van der Waals surface area contributed by atoms with Crippen LogP contribution in [-0.4, -0.2) is 36.3 Å². The molecule has 0 aliphatic heterocycles. The van der Waals surface area contributed by atoms with E-state index in [1.165, 1.54) is 23.3 Å². The van der Waals surface area contributed by atoms with Crippen LogP contribution in [0.15, 0.2) is 23.1 Å². The van der Waals surface area contributed by atoms with E-state index in [2.05, 4.69) is 36.2 Å². The Hall–Kier alpha value is -0.220. The zero-order valence-corrected chi connectivity index (χ0v) is 14.1. The summed E-state index contributed by atoms with van der Waals surface area (Å²) in [6.07, 6.45) is 2.66. The van der Waals surface area contributed by atoms with Crippen LogP contribution in [0.2, 0.25) is 5.02 Å². The van der Waals surface area contributed by atoms with Crippen LogP contribution in [0.4, 0.5) is 0 Å². The first-order chi connectivity index (χ1) is 9.72. The van der Waals surface area contributed by atoms with E-state index in [9.17, 15) is 0 Å². The zero-order chi connectivity index (χ0) is 14.4. The van der Waals surface area contributed by atoms with Crippen LogP contribution in [0, 0.1) is 0 Å². The molecule has 4 heteroatoms. The molecule has 0 aromatic heterocycles. The van der Waals surface area contributed by atoms with Crippen molar-refractivity contribution in [2.45, 2.75) is 44.2 Å². The molecule has 0 atom stereocenters. The molecule has 1 fully saturated rings. The highest BCUT2D eigenvalue weighted by Crippen LogP contribution is 2.27. The number of rotatable bonds is 9. The summed E-state index contributed by atoms with van der Waals surface area (Å²) in [5.74, 6) is 1.12. The van der Waals surface area contributed by atoms with Gasteiger partial charge in [-0.15, -0.1) is 11.8 Å². The van der Waals surface area contributed by atoms with Gasteiger partial charge in [0.1, 0.15) is 0 Å². The van der Waals surface area contributed by atoms with Crippen LogP contribution < -0.4 is 5.32 Å². The van der Waals surface area contributed by atoms with E-state index in [-0.39, 0.29) is 0 Å². The molecule has 0 heterocycles. The number of hydrogen-bond acceptors (Lipinski definition) is 3. The summed E-state index contributed by atoms with van der Waals surface area (Å²) >= 11 is 8.07. The molecule has 0 spiro atoms. The minimum absolute atomic E-state index is 0.749. The molecule has 1 aliphatic carbocycles. The summed E-state index contributed by atoms with van der Waals surface area (Å²) in [5, 5.41) is 4.43. The molecule has 2 rings (SSSR count). The number of hydrogen-bond donors (Lipinski definition) is 1. The molecule has 0 unspecified atom stereocenters. The first kappa shape index (κ1) is 16.2. The first-order valence-corrected chi connectivity index (χ1v) is 8.96. The lowest BCUT2D eigenvalue weighted by molar-refractivity contribution is 0.324. The molecular formula is C16H25ClN2S. The molecule has 112 valence electrons. The third kappa shape index (κ3) is 5.28. The van der Waals surface area contributed by atoms with Gasteiger partial charge in [-0.25, -0.2) is 0 Å². The maximum atomic E-state index is 6.14. The average Bonchev–Trinajstić information content (AvgIpc) is 3.27. The van der Waals surface area contributed by atoms with Gasteiger partial charge < -0.3 is 10.2 Å². The predicted octanol–water partition coefficient (Wildman–Crippen LogP) is 4.03. The number of benzene rings is 1. The summed E-state index contributed by atoms with van der Waals surface area (Å²) in [5.41, 5.74) is 1.38. The molecule has 0 saturated heterocycles. The Morgan fingerprint density at radius 2 is 2.05 bits per heavy atom. The molecule has 1 aromatic rings. The molecule has 1 aliphatic rings. The first-order valence-electron chi connectivity index (χ1n) is 7.59. The van der Waals surface area contributed by atoms with Gasteiger partial charge >= 0.3 is 0 Å². The molecule has 0 amide bonds. The molecule has 1 N–H and O–H groups in total. The lowest BCUT2D eigenvalue weighted by Gasteiger charge is -2.18. The van der Waals surface area contributed by atoms with Crippen molar-refractivity contribution in [2.24, 2.45) is 0 Å². The molecule has 0 radical (unpaired) electrons. The molecule has 1 saturated carbocycles. The maximum Gasteiger partial charge on any atom is 0.0417 e. The fraction of sp³-hybridized carbons (Fsp3) is 0.625. The minimum Gasteiger partial charge on any atom is -0.310 e. The Bertz CT molecular complexity index is 417. The van der Waals surface area contributed by atoms with Gasteiger partial charge in [0.15, 0.2) is 0 Å². The van der Waals surface area contributed by atoms with Crippen molar-refractivity contribution in [1.29, 1.82) is 0 Å². The van der Waals surface area contributed by atoms with Crippen LogP contribution in [0.25, 0.3) is 0 Å². The van der Waals surface area contributed by atoms with Crippen molar-refractivity contribution in [3.8, 4) is 0 Å². The van der Waals surface area contributed by atoms with Crippen molar-refractivity contribution in [3.05, 3.63) is 28.8 Å². The van der Waals surface area contributed by atoms with Gasteiger partial charge in [0, 0.05) is 34.8 Å². The van der Waals surface area contributed by atoms with E-state index in [0.717, 1.165) is 43.0 Å². The largest absolute Gasteiger partial charge is 0.310 e. The Balaban J connectivity index is 1.88. The topological polar surface area (TPSA) is 15.3 Å². The highest BCUT2D eigenvalue weighted by Gasteiger charge is 2.20. The highest BCUT2D eigenvalue weighted by atomic mass is 35.5. The van der Waals surface area contributed by atoms with Crippen LogP contribution in [0.1, 0.15) is 32.3 Å². The van der Waals surface area contributed by atoms with E-state index in [1.54, 1.807) is 0 Å². The van der Waals surface area contributed by atoms with E-state index in [4.69, 9.17) is 11.6 Å². The van der Waals surface area contributed by atoms with E-state index < -0.39 is 0 Å². The Morgan fingerprint density at radius 1 is 1.30 bits per heavy atom. The predicted molar refractivity (Wildman–Crippen MR) is 89.8 cm³/mol. The third-order valence-corrected chi connectivity index (χ3v) is 5.06. The molecule has 0 bridgehead atoms. The average molecular weight is 313 g/mol. The maximum absolute atomic E-state index is 6.14.